The van der Waals surface area contributed by atoms with Crippen LogP contribution in [0.1, 0.15) is 39.2 Å². The number of hydrogen-bond acceptors (Lipinski definition) is 3. The molecule has 1 aliphatic heterocycles. The molecule has 2 amide bonds. The molecule has 0 bridgehead atoms. The van der Waals surface area contributed by atoms with Gasteiger partial charge in [-0.25, -0.2) is 0 Å². The van der Waals surface area contributed by atoms with E-state index in [1.54, 1.807) is 24.3 Å². The first-order valence-electron chi connectivity index (χ1n) is 7.92. The molecule has 0 spiro atoms. The van der Waals surface area contributed by atoms with Crippen molar-refractivity contribution in [2.24, 2.45) is 11.3 Å². The van der Waals surface area contributed by atoms with Crippen LogP contribution in [0.3, 0.4) is 0 Å². The summed E-state index contributed by atoms with van der Waals surface area (Å²) in [5.41, 5.74) is 0.621. The van der Waals surface area contributed by atoms with Gasteiger partial charge in [0.15, 0.2) is 0 Å². The predicted octanol–water partition coefficient (Wildman–Crippen LogP) is 2.78. The number of nitriles is 1. The van der Waals surface area contributed by atoms with Gasteiger partial charge in [0.2, 0.25) is 11.8 Å². The zero-order valence-corrected chi connectivity index (χ0v) is 13.9. The van der Waals surface area contributed by atoms with Crippen molar-refractivity contribution in [3.05, 3.63) is 29.8 Å². The van der Waals surface area contributed by atoms with E-state index >= 15 is 0 Å². The Balaban J connectivity index is 1.94. The van der Waals surface area contributed by atoms with E-state index in [0.717, 1.165) is 0 Å². The molecule has 1 aliphatic rings. The highest BCUT2D eigenvalue weighted by Gasteiger charge is 2.32. The number of carbonyl (C=O) groups is 2. The van der Waals surface area contributed by atoms with Crippen LogP contribution in [0.15, 0.2) is 24.3 Å². The van der Waals surface area contributed by atoms with Gasteiger partial charge in [-0.2, -0.15) is 5.26 Å². The average molecular weight is 313 g/mol. The number of nitrogens with one attached hydrogen (secondary N) is 1. The second-order valence-corrected chi connectivity index (χ2v) is 6.96. The summed E-state index contributed by atoms with van der Waals surface area (Å²) >= 11 is 0. The molecule has 0 aromatic heterocycles. The average Bonchev–Trinajstić information content (AvgIpc) is 2.54. The SMILES string of the molecule is CC(C)(C)C(=O)N1CCC(C(=O)Nc2ccccc2C#N)CC1. The van der Waals surface area contributed by atoms with Crippen molar-refractivity contribution >= 4 is 17.5 Å². The molecule has 1 saturated heterocycles. The molecule has 5 nitrogen and oxygen atoms in total. The molecule has 23 heavy (non-hydrogen) atoms. The monoisotopic (exact) mass is 313 g/mol. The number of amides is 2. The van der Waals surface area contributed by atoms with Crippen LogP contribution in [0.5, 0.6) is 0 Å². The van der Waals surface area contributed by atoms with E-state index in [-0.39, 0.29) is 23.1 Å². The van der Waals surface area contributed by atoms with Gasteiger partial charge in [0.05, 0.1) is 11.3 Å². The lowest BCUT2D eigenvalue weighted by Crippen LogP contribution is -2.45. The number of rotatable bonds is 2. The van der Waals surface area contributed by atoms with Crippen molar-refractivity contribution in [1.29, 1.82) is 5.26 Å². The standard InChI is InChI=1S/C18H23N3O2/c1-18(2,3)17(23)21-10-8-13(9-11-21)16(22)20-15-7-5-4-6-14(15)12-19/h4-7,13H,8-11H2,1-3H3,(H,20,22). The first-order valence-corrected chi connectivity index (χ1v) is 7.92. The minimum absolute atomic E-state index is 0.0736. The summed E-state index contributed by atoms with van der Waals surface area (Å²) in [6.45, 7) is 6.94. The Kier molecular flexibility index (Phi) is 5.05. The number of likely N-dealkylation sites (tertiary alicyclic amines) is 1. The summed E-state index contributed by atoms with van der Waals surface area (Å²) in [5, 5.41) is 11.9. The van der Waals surface area contributed by atoms with Crippen molar-refractivity contribution in [1.82, 2.24) is 4.90 Å². The maximum atomic E-state index is 12.4. The molecule has 1 N–H and O–H groups in total. The third-order valence-corrected chi connectivity index (χ3v) is 4.10. The highest BCUT2D eigenvalue weighted by Crippen LogP contribution is 2.25. The molecule has 5 heteroatoms. The zero-order chi connectivity index (χ0) is 17.0. The molecule has 0 aliphatic carbocycles. The highest BCUT2D eigenvalue weighted by molar-refractivity contribution is 5.94. The van der Waals surface area contributed by atoms with E-state index < -0.39 is 0 Å². The zero-order valence-electron chi connectivity index (χ0n) is 13.9. The molecule has 0 unspecified atom stereocenters. The normalized spacial score (nSPS) is 15.8. The number of anilines is 1. The van der Waals surface area contributed by atoms with Crippen molar-refractivity contribution in [3.8, 4) is 6.07 Å². The molecule has 1 heterocycles. The Morgan fingerprint density at radius 1 is 1.22 bits per heavy atom. The van der Waals surface area contributed by atoms with Crippen LogP contribution in [0, 0.1) is 22.7 Å². The van der Waals surface area contributed by atoms with Gasteiger partial charge >= 0.3 is 0 Å². The van der Waals surface area contributed by atoms with Gasteiger partial charge in [-0.05, 0) is 25.0 Å². The van der Waals surface area contributed by atoms with Gasteiger partial charge in [0.25, 0.3) is 0 Å². The molecular formula is C18H23N3O2. The smallest absolute Gasteiger partial charge is 0.227 e. The number of nitrogens with zero attached hydrogens (tertiary/aromatic N) is 2. The lowest BCUT2D eigenvalue weighted by atomic mass is 9.90. The van der Waals surface area contributed by atoms with Crippen LogP contribution in [-0.2, 0) is 9.59 Å². The van der Waals surface area contributed by atoms with E-state index in [4.69, 9.17) is 5.26 Å². The Morgan fingerprint density at radius 2 is 1.83 bits per heavy atom. The van der Waals surface area contributed by atoms with Crippen molar-refractivity contribution in [3.63, 3.8) is 0 Å². The van der Waals surface area contributed by atoms with Crippen LogP contribution in [0.4, 0.5) is 5.69 Å². The molecule has 0 atom stereocenters. The summed E-state index contributed by atoms with van der Waals surface area (Å²) in [6.07, 6.45) is 1.31. The third-order valence-electron chi connectivity index (χ3n) is 4.10. The van der Waals surface area contributed by atoms with Gasteiger partial charge in [0.1, 0.15) is 6.07 Å². The number of carbonyl (C=O) groups excluding carboxylic acids is 2. The van der Waals surface area contributed by atoms with Crippen LogP contribution < -0.4 is 5.32 Å². The van der Waals surface area contributed by atoms with Gasteiger partial charge < -0.3 is 10.2 Å². The lowest BCUT2D eigenvalue weighted by molar-refractivity contribution is -0.142. The van der Waals surface area contributed by atoms with Crippen molar-refractivity contribution in [2.45, 2.75) is 33.6 Å². The van der Waals surface area contributed by atoms with Crippen LogP contribution >= 0.6 is 0 Å². The minimum Gasteiger partial charge on any atom is -0.342 e. The fourth-order valence-corrected chi connectivity index (χ4v) is 2.74. The summed E-state index contributed by atoms with van der Waals surface area (Å²) in [4.78, 5) is 26.5. The molecule has 0 radical (unpaired) electrons. The fraction of sp³-hybridized carbons (Fsp3) is 0.500. The Morgan fingerprint density at radius 3 is 2.39 bits per heavy atom. The number of benzene rings is 1. The maximum Gasteiger partial charge on any atom is 0.227 e. The quantitative estimate of drug-likeness (QED) is 0.912. The molecule has 122 valence electrons. The Hall–Kier alpha value is -2.35. The number of hydrogen-bond donors (Lipinski definition) is 1. The van der Waals surface area contributed by atoms with Crippen molar-refractivity contribution in [2.75, 3.05) is 18.4 Å². The Labute approximate surface area is 137 Å². The van der Waals surface area contributed by atoms with E-state index in [1.807, 2.05) is 25.7 Å². The lowest BCUT2D eigenvalue weighted by Gasteiger charge is -2.35. The summed E-state index contributed by atoms with van der Waals surface area (Å²) in [7, 11) is 0. The van der Waals surface area contributed by atoms with E-state index in [0.29, 0.717) is 37.2 Å². The second-order valence-electron chi connectivity index (χ2n) is 6.96. The summed E-state index contributed by atoms with van der Waals surface area (Å²) < 4.78 is 0. The first-order chi connectivity index (χ1) is 10.8. The second kappa shape index (κ2) is 6.82. The van der Waals surface area contributed by atoms with E-state index in [1.165, 1.54) is 0 Å². The topological polar surface area (TPSA) is 73.2 Å². The fourth-order valence-electron chi connectivity index (χ4n) is 2.74. The van der Waals surface area contributed by atoms with Gasteiger partial charge in [-0.1, -0.05) is 32.9 Å². The molecule has 0 saturated carbocycles. The first kappa shape index (κ1) is 17.0. The summed E-state index contributed by atoms with van der Waals surface area (Å²) in [6, 6.07) is 9.05. The van der Waals surface area contributed by atoms with Gasteiger partial charge in [-0.15, -0.1) is 0 Å². The van der Waals surface area contributed by atoms with E-state index in [9.17, 15) is 9.59 Å². The molecule has 1 aromatic carbocycles. The third kappa shape index (κ3) is 4.10. The molecular weight excluding hydrogens is 290 g/mol. The highest BCUT2D eigenvalue weighted by atomic mass is 16.2. The van der Waals surface area contributed by atoms with Crippen LogP contribution in [0.2, 0.25) is 0 Å². The molecule has 1 fully saturated rings. The Bertz CT molecular complexity index is 632. The van der Waals surface area contributed by atoms with E-state index in [2.05, 4.69) is 11.4 Å². The molecule has 2 rings (SSSR count). The molecule has 1 aromatic rings. The van der Waals surface area contributed by atoms with Crippen LogP contribution in [0.25, 0.3) is 0 Å². The number of para-hydroxylation sites is 1. The van der Waals surface area contributed by atoms with Crippen LogP contribution in [-0.4, -0.2) is 29.8 Å². The maximum absolute atomic E-state index is 12.4. The van der Waals surface area contributed by atoms with Crippen molar-refractivity contribution < 1.29 is 9.59 Å². The number of piperidine rings is 1. The minimum atomic E-state index is -0.388. The summed E-state index contributed by atoms with van der Waals surface area (Å²) in [5.74, 6) is -0.0625. The predicted molar refractivity (Wildman–Crippen MR) is 88.5 cm³/mol. The largest absolute Gasteiger partial charge is 0.342 e. The van der Waals surface area contributed by atoms with Gasteiger partial charge in [0, 0.05) is 24.4 Å². The van der Waals surface area contributed by atoms with Gasteiger partial charge in [-0.3, -0.25) is 9.59 Å².